The van der Waals surface area contributed by atoms with Crippen molar-refractivity contribution in [1.82, 2.24) is 15.2 Å². The average molecular weight is 349 g/mol. The van der Waals surface area contributed by atoms with Gasteiger partial charge in [0.25, 0.3) is 0 Å². The number of hydrogen-bond acceptors (Lipinski definition) is 5. The molecule has 1 aromatic rings. The summed E-state index contributed by atoms with van der Waals surface area (Å²) < 4.78 is 0. The molecule has 6 heteroatoms. The molecular weight excluding hydrogens is 320 g/mol. The van der Waals surface area contributed by atoms with Crippen LogP contribution in [0.15, 0.2) is 24.4 Å². The van der Waals surface area contributed by atoms with E-state index < -0.39 is 0 Å². The number of carbonyl (C=O) groups is 1. The van der Waals surface area contributed by atoms with Crippen LogP contribution in [0.25, 0.3) is 0 Å². The third-order valence-corrected chi connectivity index (χ3v) is 6.13. The second-order valence-corrected chi connectivity index (χ2v) is 7.88. The van der Waals surface area contributed by atoms with Crippen LogP contribution in [0.3, 0.4) is 0 Å². The minimum atomic E-state index is 0.188. The zero-order valence-corrected chi connectivity index (χ0v) is 15.3. The first-order valence-corrected chi connectivity index (χ1v) is 10.2. The highest BCUT2D eigenvalue weighted by molar-refractivity contribution is 7.99. The van der Waals surface area contributed by atoms with Crippen LogP contribution in [0, 0.1) is 0 Å². The van der Waals surface area contributed by atoms with E-state index in [1.807, 2.05) is 36.2 Å². The molecule has 0 aromatic carbocycles. The van der Waals surface area contributed by atoms with Gasteiger partial charge in [-0.2, -0.15) is 11.8 Å². The van der Waals surface area contributed by atoms with Gasteiger partial charge in [0.15, 0.2) is 0 Å². The number of hydrogen-bond donors (Lipinski definition) is 1. The number of anilines is 1. The Bertz CT molecular complexity index is 519. The minimum absolute atomic E-state index is 0.188. The molecule has 3 rings (SSSR count). The van der Waals surface area contributed by atoms with Gasteiger partial charge in [-0.1, -0.05) is 12.5 Å². The van der Waals surface area contributed by atoms with Gasteiger partial charge >= 0.3 is 0 Å². The predicted molar refractivity (Wildman–Crippen MR) is 101 cm³/mol. The summed E-state index contributed by atoms with van der Waals surface area (Å²) in [6, 6.07) is 6.39. The Hall–Kier alpha value is -1.27. The van der Waals surface area contributed by atoms with E-state index in [2.05, 4.69) is 26.4 Å². The average Bonchev–Trinajstić information content (AvgIpc) is 2.63. The van der Waals surface area contributed by atoms with Gasteiger partial charge in [0.1, 0.15) is 5.82 Å². The molecule has 0 spiro atoms. The molecule has 2 aliphatic rings. The zero-order valence-electron chi connectivity index (χ0n) is 14.5. The molecule has 2 unspecified atom stereocenters. The number of rotatable bonds is 5. The van der Waals surface area contributed by atoms with Crippen molar-refractivity contribution < 1.29 is 4.79 Å². The summed E-state index contributed by atoms with van der Waals surface area (Å²) in [6.07, 6.45) is 8.80. The van der Waals surface area contributed by atoms with E-state index in [4.69, 9.17) is 0 Å². The molecule has 1 saturated heterocycles. The number of amides is 1. The molecular formula is C18H28N4OS. The summed E-state index contributed by atoms with van der Waals surface area (Å²) in [5.74, 6) is 1.22. The van der Waals surface area contributed by atoms with Gasteiger partial charge in [-0.15, -0.1) is 0 Å². The van der Waals surface area contributed by atoms with Gasteiger partial charge in [0.05, 0.1) is 6.54 Å². The topological polar surface area (TPSA) is 48.5 Å². The van der Waals surface area contributed by atoms with Crippen molar-refractivity contribution >= 4 is 23.5 Å². The zero-order chi connectivity index (χ0) is 16.8. The van der Waals surface area contributed by atoms with Crippen LogP contribution in [-0.2, 0) is 4.79 Å². The largest absolute Gasteiger partial charge is 0.354 e. The van der Waals surface area contributed by atoms with Crippen molar-refractivity contribution in [3.63, 3.8) is 0 Å². The number of nitrogens with one attached hydrogen (secondary N) is 1. The molecule has 0 radical (unpaired) electrons. The van der Waals surface area contributed by atoms with Crippen molar-refractivity contribution in [2.45, 2.75) is 37.0 Å². The number of thioether (sulfide) groups is 1. The Morgan fingerprint density at radius 1 is 1.29 bits per heavy atom. The smallest absolute Gasteiger partial charge is 0.234 e. The number of aromatic nitrogens is 1. The van der Waals surface area contributed by atoms with Crippen molar-refractivity contribution in [2.24, 2.45) is 0 Å². The van der Waals surface area contributed by atoms with E-state index in [0.29, 0.717) is 17.8 Å². The molecule has 0 bridgehead atoms. The van der Waals surface area contributed by atoms with Crippen LogP contribution in [-0.4, -0.2) is 66.1 Å². The van der Waals surface area contributed by atoms with E-state index in [9.17, 15) is 4.79 Å². The maximum Gasteiger partial charge on any atom is 0.234 e. The van der Waals surface area contributed by atoms with Crippen molar-refractivity contribution in [1.29, 1.82) is 0 Å². The maximum atomic E-state index is 12.3. The summed E-state index contributed by atoms with van der Waals surface area (Å²) in [7, 11) is 0. The molecule has 2 atom stereocenters. The lowest BCUT2D eigenvalue weighted by atomic mass is 9.95. The quantitative estimate of drug-likeness (QED) is 0.882. The number of nitrogens with zero attached hydrogens (tertiary/aromatic N) is 3. The van der Waals surface area contributed by atoms with Crippen molar-refractivity contribution in [3.05, 3.63) is 24.4 Å². The van der Waals surface area contributed by atoms with E-state index in [1.54, 1.807) is 0 Å². The first kappa shape index (κ1) is 17.5. The highest BCUT2D eigenvalue weighted by atomic mass is 32.2. The third kappa shape index (κ3) is 4.86. The fourth-order valence-electron chi connectivity index (χ4n) is 3.64. The van der Waals surface area contributed by atoms with Gasteiger partial charge in [-0.3, -0.25) is 9.69 Å². The fraction of sp³-hybridized carbons (Fsp3) is 0.667. The molecule has 1 N–H and O–H groups in total. The Morgan fingerprint density at radius 2 is 2.12 bits per heavy atom. The Labute approximate surface area is 149 Å². The summed E-state index contributed by atoms with van der Waals surface area (Å²) in [5, 5.41) is 3.97. The molecule has 1 amide bonds. The van der Waals surface area contributed by atoms with E-state index in [0.717, 1.165) is 44.8 Å². The second kappa shape index (κ2) is 8.72. The lowest BCUT2D eigenvalue weighted by Gasteiger charge is -2.35. The Kier molecular flexibility index (Phi) is 6.37. The molecule has 1 aliphatic carbocycles. The van der Waals surface area contributed by atoms with Crippen molar-refractivity contribution in [2.75, 3.05) is 43.9 Å². The highest BCUT2D eigenvalue weighted by Crippen LogP contribution is 2.26. The summed E-state index contributed by atoms with van der Waals surface area (Å²) in [4.78, 5) is 21.3. The van der Waals surface area contributed by atoms with E-state index >= 15 is 0 Å². The summed E-state index contributed by atoms with van der Waals surface area (Å²) >= 11 is 1.94. The van der Waals surface area contributed by atoms with Gasteiger partial charge < -0.3 is 10.2 Å². The lowest BCUT2D eigenvalue weighted by molar-refractivity contribution is -0.123. The number of pyridine rings is 1. The molecule has 24 heavy (non-hydrogen) atoms. The molecule has 1 aliphatic heterocycles. The third-order valence-electron chi connectivity index (χ3n) is 5.04. The molecule has 1 saturated carbocycles. The first-order valence-electron chi connectivity index (χ1n) is 8.95. The lowest BCUT2D eigenvalue weighted by Crippen LogP contribution is -2.51. The Balaban J connectivity index is 1.40. The highest BCUT2D eigenvalue weighted by Gasteiger charge is 2.24. The van der Waals surface area contributed by atoms with Crippen LogP contribution in [0.1, 0.15) is 25.7 Å². The fourth-order valence-corrected chi connectivity index (χ4v) is 4.47. The number of carbonyl (C=O) groups excluding carboxylic acids is 1. The standard InChI is InChI=1S/C18H28N4OS/c1-24-16-6-4-5-15(13-16)20-18(23)14-21-9-11-22(12-10-21)17-7-2-3-8-19-17/h2-3,7-8,15-16H,4-6,9-14H2,1H3,(H,20,23). The normalized spacial score (nSPS) is 25.5. The molecule has 132 valence electrons. The predicted octanol–water partition coefficient (Wildman–Crippen LogP) is 1.99. The van der Waals surface area contributed by atoms with Gasteiger partial charge in [0.2, 0.25) is 5.91 Å². The SMILES string of the molecule is CSC1CCCC(NC(=O)CN2CCN(c3ccccn3)CC2)C1. The summed E-state index contributed by atoms with van der Waals surface area (Å²) in [5.41, 5.74) is 0. The second-order valence-electron chi connectivity index (χ2n) is 6.74. The molecule has 1 aromatic heterocycles. The molecule has 2 heterocycles. The monoisotopic (exact) mass is 348 g/mol. The van der Waals surface area contributed by atoms with E-state index in [1.165, 1.54) is 12.8 Å². The maximum absolute atomic E-state index is 12.3. The molecule has 5 nitrogen and oxygen atoms in total. The minimum Gasteiger partial charge on any atom is -0.354 e. The molecule has 2 fully saturated rings. The van der Waals surface area contributed by atoms with E-state index in [-0.39, 0.29) is 5.91 Å². The van der Waals surface area contributed by atoms with Crippen LogP contribution in [0.5, 0.6) is 0 Å². The van der Waals surface area contributed by atoms with Crippen molar-refractivity contribution in [3.8, 4) is 0 Å². The van der Waals surface area contributed by atoms with Crippen LogP contribution in [0.4, 0.5) is 5.82 Å². The van der Waals surface area contributed by atoms with Gasteiger partial charge in [0, 0.05) is 43.7 Å². The van der Waals surface area contributed by atoms with Crippen LogP contribution < -0.4 is 10.2 Å². The van der Waals surface area contributed by atoms with Gasteiger partial charge in [-0.25, -0.2) is 4.98 Å². The Morgan fingerprint density at radius 3 is 2.83 bits per heavy atom. The van der Waals surface area contributed by atoms with Crippen LogP contribution in [0.2, 0.25) is 0 Å². The number of piperazine rings is 1. The summed E-state index contributed by atoms with van der Waals surface area (Å²) in [6.45, 7) is 4.23. The van der Waals surface area contributed by atoms with Crippen LogP contribution >= 0.6 is 11.8 Å². The first-order chi connectivity index (χ1) is 11.7. The van der Waals surface area contributed by atoms with Gasteiger partial charge in [-0.05, 0) is 37.7 Å².